The quantitative estimate of drug-likeness (QED) is 0.813. The van der Waals surface area contributed by atoms with Crippen molar-refractivity contribution >= 4 is 38.9 Å². The molecule has 0 saturated heterocycles. The van der Waals surface area contributed by atoms with Gasteiger partial charge in [-0.15, -0.1) is 11.3 Å². The molecule has 0 saturated carbocycles. The third kappa shape index (κ3) is 3.82. The summed E-state index contributed by atoms with van der Waals surface area (Å²) >= 11 is 11.3. The van der Waals surface area contributed by atoms with E-state index in [4.69, 9.17) is 17.3 Å². The maximum Gasteiger partial charge on any atom is 0.0947 e. The molecular formula is C15H18BrClN2S. The lowest BCUT2D eigenvalue weighted by Crippen LogP contribution is -2.15. The first-order chi connectivity index (χ1) is 9.27. The Morgan fingerprint density at radius 1 is 1.40 bits per heavy atom. The van der Waals surface area contributed by atoms with Gasteiger partial charge >= 0.3 is 0 Å². The normalized spacial score (nSPS) is 13.5. The van der Waals surface area contributed by atoms with Crippen LogP contribution < -0.4 is 5.73 Å². The van der Waals surface area contributed by atoms with E-state index < -0.39 is 0 Å². The molecule has 2 nitrogen and oxygen atoms in total. The third-order valence-corrected chi connectivity index (χ3v) is 4.78. The summed E-state index contributed by atoms with van der Waals surface area (Å²) < 4.78 is 0.988. The van der Waals surface area contributed by atoms with Crippen molar-refractivity contribution in [1.82, 2.24) is 4.98 Å². The molecule has 0 amide bonds. The van der Waals surface area contributed by atoms with Crippen LogP contribution in [0.2, 0.25) is 5.02 Å². The van der Waals surface area contributed by atoms with Crippen molar-refractivity contribution in [1.29, 1.82) is 0 Å². The zero-order chi connectivity index (χ0) is 14.9. The molecule has 1 aromatic carbocycles. The molecule has 1 unspecified atom stereocenters. The van der Waals surface area contributed by atoms with Crippen molar-refractivity contribution in [2.24, 2.45) is 5.73 Å². The lowest BCUT2D eigenvalue weighted by atomic mass is 9.93. The van der Waals surface area contributed by atoms with Gasteiger partial charge in [0.15, 0.2) is 0 Å². The Labute approximate surface area is 137 Å². The van der Waals surface area contributed by atoms with E-state index in [0.717, 1.165) is 20.7 Å². The molecular weight excluding hydrogens is 356 g/mol. The predicted octanol–water partition coefficient (Wildman–Crippen LogP) is 5.10. The van der Waals surface area contributed by atoms with Gasteiger partial charge in [0, 0.05) is 32.8 Å². The first-order valence-electron chi connectivity index (χ1n) is 6.43. The Balaban J connectivity index is 2.17. The fourth-order valence-corrected chi connectivity index (χ4v) is 3.56. The largest absolute Gasteiger partial charge is 0.324 e. The number of hydrogen-bond donors (Lipinski definition) is 1. The van der Waals surface area contributed by atoms with Crippen molar-refractivity contribution in [3.8, 4) is 0 Å². The Morgan fingerprint density at radius 2 is 2.10 bits per heavy atom. The highest BCUT2D eigenvalue weighted by atomic mass is 79.9. The van der Waals surface area contributed by atoms with Gasteiger partial charge in [0.05, 0.1) is 10.7 Å². The number of rotatable bonds is 3. The van der Waals surface area contributed by atoms with Gasteiger partial charge in [-0.05, 0) is 23.8 Å². The molecule has 0 spiro atoms. The number of thiazole rings is 1. The first-order valence-corrected chi connectivity index (χ1v) is 8.48. The van der Waals surface area contributed by atoms with Crippen molar-refractivity contribution in [3.63, 3.8) is 0 Å². The predicted molar refractivity (Wildman–Crippen MR) is 90.6 cm³/mol. The molecule has 1 atom stereocenters. The molecule has 20 heavy (non-hydrogen) atoms. The van der Waals surface area contributed by atoms with Gasteiger partial charge in [0.2, 0.25) is 0 Å². The van der Waals surface area contributed by atoms with Crippen LogP contribution in [-0.2, 0) is 11.8 Å². The van der Waals surface area contributed by atoms with Crippen LogP contribution >= 0.6 is 38.9 Å². The molecule has 2 N–H and O–H groups in total. The highest BCUT2D eigenvalue weighted by Crippen LogP contribution is 2.29. The second-order valence-corrected chi connectivity index (χ2v) is 8.12. The summed E-state index contributed by atoms with van der Waals surface area (Å²) in [6.45, 7) is 6.49. The van der Waals surface area contributed by atoms with Gasteiger partial charge in [-0.25, -0.2) is 4.98 Å². The van der Waals surface area contributed by atoms with E-state index in [-0.39, 0.29) is 11.5 Å². The number of hydrogen-bond acceptors (Lipinski definition) is 3. The number of nitrogens with two attached hydrogens (primary N) is 1. The second kappa shape index (κ2) is 6.14. The molecule has 5 heteroatoms. The van der Waals surface area contributed by atoms with Crippen molar-refractivity contribution in [2.45, 2.75) is 38.6 Å². The summed E-state index contributed by atoms with van der Waals surface area (Å²) in [5, 5.41) is 3.87. The summed E-state index contributed by atoms with van der Waals surface area (Å²) in [5.74, 6) is 0. The minimum absolute atomic E-state index is 0.0757. The van der Waals surface area contributed by atoms with Crippen molar-refractivity contribution in [2.75, 3.05) is 0 Å². The van der Waals surface area contributed by atoms with Gasteiger partial charge in [-0.1, -0.05) is 48.3 Å². The molecule has 0 aliphatic heterocycles. The lowest BCUT2D eigenvalue weighted by Gasteiger charge is -2.15. The maximum absolute atomic E-state index is 6.28. The van der Waals surface area contributed by atoms with Gasteiger partial charge < -0.3 is 5.73 Å². The highest BCUT2D eigenvalue weighted by Gasteiger charge is 2.19. The minimum atomic E-state index is -0.140. The number of nitrogens with zero attached hydrogens (tertiary/aromatic N) is 1. The molecule has 0 radical (unpaired) electrons. The summed E-state index contributed by atoms with van der Waals surface area (Å²) in [5.41, 5.74) is 8.42. The van der Waals surface area contributed by atoms with Gasteiger partial charge in [-0.2, -0.15) is 0 Å². The Morgan fingerprint density at radius 3 is 2.70 bits per heavy atom. The molecule has 0 aliphatic carbocycles. The van der Waals surface area contributed by atoms with E-state index in [9.17, 15) is 0 Å². The Hall–Kier alpha value is -0.420. The molecule has 0 aliphatic rings. The van der Waals surface area contributed by atoms with Crippen LogP contribution in [0.3, 0.4) is 0 Å². The summed E-state index contributed by atoms with van der Waals surface area (Å²) in [4.78, 5) is 4.68. The van der Waals surface area contributed by atoms with Crippen molar-refractivity contribution in [3.05, 3.63) is 49.3 Å². The van der Waals surface area contributed by atoms with Crippen LogP contribution in [-0.4, -0.2) is 4.98 Å². The smallest absolute Gasteiger partial charge is 0.0947 e. The highest BCUT2D eigenvalue weighted by molar-refractivity contribution is 9.10. The standard InChI is InChI=1S/C15H18BrClN2S/c1-15(2,3)13-8-20-14(19-13)7-12(18)10-6-9(16)4-5-11(10)17/h4-6,8,12H,7,18H2,1-3H3. The monoisotopic (exact) mass is 372 g/mol. The lowest BCUT2D eigenvalue weighted by molar-refractivity contribution is 0.569. The molecule has 1 heterocycles. The van der Waals surface area contributed by atoms with E-state index in [2.05, 4.69) is 47.1 Å². The molecule has 108 valence electrons. The van der Waals surface area contributed by atoms with E-state index in [1.54, 1.807) is 11.3 Å². The number of aromatic nitrogens is 1. The van der Waals surface area contributed by atoms with Crippen LogP contribution in [0, 0.1) is 0 Å². The second-order valence-electron chi connectivity index (χ2n) is 5.85. The first kappa shape index (κ1) is 16.0. The van der Waals surface area contributed by atoms with E-state index in [1.165, 1.54) is 0 Å². The summed E-state index contributed by atoms with van der Waals surface area (Å²) in [6, 6.07) is 5.62. The average molecular weight is 374 g/mol. The van der Waals surface area contributed by atoms with E-state index >= 15 is 0 Å². The number of halogens is 2. The van der Waals surface area contributed by atoms with Gasteiger partial charge in [-0.3, -0.25) is 0 Å². The number of benzene rings is 1. The SMILES string of the molecule is CC(C)(C)c1csc(CC(N)c2cc(Br)ccc2Cl)n1. The van der Waals surface area contributed by atoms with E-state index in [0.29, 0.717) is 11.4 Å². The average Bonchev–Trinajstić information content (AvgIpc) is 2.80. The molecule has 2 aromatic rings. The fourth-order valence-electron chi connectivity index (χ4n) is 1.85. The Bertz CT molecular complexity index is 604. The summed E-state index contributed by atoms with van der Waals surface area (Å²) in [7, 11) is 0. The van der Waals surface area contributed by atoms with Crippen molar-refractivity contribution < 1.29 is 0 Å². The van der Waals surface area contributed by atoms with Crippen LogP contribution in [0.25, 0.3) is 0 Å². The molecule has 0 fully saturated rings. The Kier molecular flexibility index (Phi) is 4.90. The van der Waals surface area contributed by atoms with E-state index in [1.807, 2.05) is 18.2 Å². The van der Waals surface area contributed by atoms with Crippen LogP contribution in [0.15, 0.2) is 28.1 Å². The fraction of sp³-hybridized carbons (Fsp3) is 0.400. The summed E-state index contributed by atoms with van der Waals surface area (Å²) in [6.07, 6.45) is 0.705. The van der Waals surface area contributed by atoms with Gasteiger partial charge in [0.1, 0.15) is 0 Å². The van der Waals surface area contributed by atoms with Crippen LogP contribution in [0.4, 0.5) is 0 Å². The zero-order valence-corrected chi connectivity index (χ0v) is 14.9. The topological polar surface area (TPSA) is 38.9 Å². The van der Waals surface area contributed by atoms with Crippen LogP contribution in [0.1, 0.15) is 43.1 Å². The molecule has 1 aromatic heterocycles. The zero-order valence-electron chi connectivity index (χ0n) is 11.8. The van der Waals surface area contributed by atoms with Crippen LogP contribution in [0.5, 0.6) is 0 Å². The van der Waals surface area contributed by atoms with Gasteiger partial charge in [0.25, 0.3) is 0 Å². The minimum Gasteiger partial charge on any atom is -0.324 e. The molecule has 2 rings (SSSR count). The third-order valence-electron chi connectivity index (χ3n) is 3.07. The molecule has 0 bridgehead atoms. The maximum atomic E-state index is 6.28.